The molecule has 1 rings (SSSR count). The van der Waals surface area contributed by atoms with Crippen LogP contribution < -0.4 is 0 Å². The van der Waals surface area contributed by atoms with Crippen molar-refractivity contribution in [2.75, 3.05) is 6.61 Å². The maximum atomic E-state index is 13.2. The predicted molar refractivity (Wildman–Crippen MR) is 90.2 cm³/mol. The fraction of sp³-hybridized carbons (Fsp3) is 0.647. The molecule has 0 spiro atoms. The summed E-state index contributed by atoms with van der Waals surface area (Å²) in [6.07, 6.45) is -5.68. The van der Waals surface area contributed by atoms with Gasteiger partial charge in [0, 0.05) is 0 Å². The van der Waals surface area contributed by atoms with Gasteiger partial charge in [0.25, 0.3) is 6.43 Å². The van der Waals surface area contributed by atoms with Crippen LogP contribution in [0.4, 0.5) is 8.78 Å². The molecule has 23 heavy (non-hydrogen) atoms. The number of ether oxygens (including phenoxy) is 1. The van der Waals surface area contributed by atoms with Crippen molar-refractivity contribution in [1.29, 1.82) is 0 Å². The Hall–Kier alpha value is -0.823. The van der Waals surface area contributed by atoms with Gasteiger partial charge in [0.05, 0.1) is 13.2 Å². The van der Waals surface area contributed by atoms with Crippen LogP contribution in [0.2, 0.25) is 18.1 Å². The van der Waals surface area contributed by atoms with Gasteiger partial charge >= 0.3 is 0 Å². The molecule has 3 nitrogen and oxygen atoms in total. The van der Waals surface area contributed by atoms with E-state index in [1.807, 2.05) is 31.3 Å². The molecule has 0 saturated carbocycles. The van der Waals surface area contributed by atoms with E-state index in [0.29, 0.717) is 0 Å². The molecule has 0 amide bonds. The third-order valence-corrected chi connectivity index (χ3v) is 8.83. The fourth-order valence-electron chi connectivity index (χ4n) is 1.72. The molecule has 0 aromatic heterocycles. The zero-order valence-electron chi connectivity index (χ0n) is 14.6. The average molecular weight is 346 g/mol. The van der Waals surface area contributed by atoms with Crippen molar-refractivity contribution in [2.24, 2.45) is 0 Å². The van der Waals surface area contributed by atoms with Crippen molar-refractivity contribution in [3.8, 4) is 0 Å². The van der Waals surface area contributed by atoms with E-state index in [-0.39, 0.29) is 18.3 Å². The molecular weight excluding hydrogens is 318 g/mol. The normalized spacial score (nSPS) is 15.7. The van der Waals surface area contributed by atoms with Crippen LogP contribution in [0.1, 0.15) is 26.3 Å². The number of aliphatic hydroxyl groups is 1. The monoisotopic (exact) mass is 346 g/mol. The van der Waals surface area contributed by atoms with Gasteiger partial charge in [-0.2, -0.15) is 0 Å². The smallest absolute Gasteiger partial charge is 0.267 e. The third-order valence-electron chi connectivity index (χ3n) is 4.33. The number of aliphatic hydroxyl groups excluding tert-OH is 1. The highest BCUT2D eigenvalue weighted by atomic mass is 28.4. The van der Waals surface area contributed by atoms with Gasteiger partial charge < -0.3 is 14.3 Å². The van der Waals surface area contributed by atoms with E-state index in [2.05, 4.69) is 20.8 Å². The molecule has 0 bridgehead atoms. The van der Waals surface area contributed by atoms with E-state index in [1.165, 1.54) is 0 Å². The Balaban J connectivity index is 2.60. The minimum Gasteiger partial charge on any atom is -0.414 e. The van der Waals surface area contributed by atoms with Crippen LogP contribution in [0.3, 0.4) is 0 Å². The molecular formula is C17H28F2O3Si. The summed E-state index contributed by atoms with van der Waals surface area (Å²) in [6, 6.07) is 9.05. The van der Waals surface area contributed by atoms with E-state index in [9.17, 15) is 13.9 Å². The molecule has 0 aliphatic rings. The molecule has 0 unspecified atom stereocenters. The highest BCUT2D eigenvalue weighted by Gasteiger charge is 2.39. The van der Waals surface area contributed by atoms with E-state index >= 15 is 0 Å². The molecule has 1 aromatic rings. The number of hydrogen-bond donors (Lipinski definition) is 1. The minimum atomic E-state index is -2.77. The van der Waals surface area contributed by atoms with Crippen LogP contribution >= 0.6 is 0 Å². The largest absolute Gasteiger partial charge is 0.414 e. The fourth-order valence-corrected chi connectivity index (χ4v) is 2.74. The van der Waals surface area contributed by atoms with Crippen LogP contribution in [0.15, 0.2) is 30.3 Å². The van der Waals surface area contributed by atoms with Gasteiger partial charge in [-0.3, -0.25) is 0 Å². The van der Waals surface area contributed by atoms with E-state index in [1.54, 1.807) is 12.1 Å². The second kappa shape index (κ2) is 8.33. The van der Waals surface area contributed by atoms with Crippen LogP contribution in [0.5, 0.6) is 0 Å². The molecule has 1 aromatic carbocycles. The van der Waals surface area contributed by atoms with Crippen LogP contribution in [0.25, 0.3) is 0 Å². The first-order valence-electron chi connectivity index (χ1n) is 7.80. The van der Waals surface area contributed by atoms with Crippen molar-refractivity contribution in [3.05, 3.63) is 35.9 Å². The summed E-state index contributed by atoms with van der Waals surface area (Å²) in [5, 5.41) is 10.0. The molecule has 0 aliphatic carbocycles. The molecule has 0 saturated heterocycles. The predicted octanol–water partition coefficient (Wildman–Crippen LogP) is 4.22. The lowest BCUT2D eigenvalue weighted by molar-refractivity contribution is -0.129. The Morgan fingerprint density at radius 1 is 1.13 bits per heavy atom. The average Bonchev–Trinajstić information content (AvgIpc) is 2.45. The van der Waals surface area contributed by atoms with Crippen molar-refractivity contribution < 1.29 is 23.1 Å². The second-order valence-electron chi connectivity index (χ2n) is 7.23. The maximum Gasteiger partial charge on any atom is 0.267 e. The number of hydrogen-bond acceptors (Lipinski definition) is 3. The summed E-state index contributed by atoms with van der Waals surface area (Å²) in [5.74, 6) is 0. The van der Waals surface area contributed by atoms with Gasteiger partial charge in [0.15, 0.2) is 8.32 Å². The number of halogens is 2. The molecule has 0 fully saturated rings. The Labute approximate surface area is 138 Å². The number of alkyl halides is 2. The molecule has 1 N–H and O–H groups in total. The van der Waals surface area contributed by atoms with Crippen LogP contribution in [-0.4, -0.2) is 38.7 Å². The first-order valence-corrected chi connectivity index (χ1v) is 10.7. The Kier molecular flexibility index (Phi) is 7.32. The van der Waals surface area contributed by atoms with Crippen molar-refractivity contribution in [3.63, 3.8) is 0 Å². The topological polar surface area (TPSA) is 38.7 Å². The van der Waals surface area contributed by atoms with E-state index < -0.39 is 27.0 Å². The van der Waals surface area contributed by atoms with Crippen molar-refractivity contribution in [2.45, 2.75) is 64.1 Å². The van der Waals surface area contributed by atoms with E-state index in [4.69, 9.17) is 9.16 Å². The summed E-state index contributed by atoms with van der Waals surface area (Å²) in [4.78, 5) is 0. The van der Waals surface area contributed by atoms with Crippen LogP contribution in [0, 0.1) is 0 Å². The van der Waals surface area contributed by atoms with Crippen LogP contribution in [-0.2, 0) is 15.8 Å². The van der Waals surface area contributed by atoms with E-state index in [0.717, 1.165) is 5.56 Å². The summed E-state index contributed by atoms with van der Waals surface area (Å²) in [6.45, 7) is 10.1. The zero-order valence-corrected chi connectivity index (χ0v) is 15.6. The van der Waals surface area contributed by atoms with Crippen molar-refractivity contribution >= 4 is 8.32 Å². The van der Waals surface area contributed by atoms with Gasteiger partial charge in [0.1, 0.15) is 12.2 Å². The molecule has 0 radical (unpaired) electrons. The van der Waals surface area contributed by atoms with Gasteiger partial charge in [0.2, 0.25) is 0 Å². The quantitative estimate of drug-likeness (QED) is 0.716. The molecule has 132 valence electrons. The van der Waals surface area contributed by atoms with Crippen molar-refractivity contribution in [1.82, 2.24) is 0 Å². The maximum absolute atomic E-state index is 13.2. The highest BCUT2D eigenvalue weighted by Crippen LogP contribution is 2.36. The van der Waals surface area contributed by atoms with Gasteiger partial charge in [-0.05, 0) is 23.7 Å². The first-order chi connectivity index (χ1) is 10.5. The highest BCUT2D eigenvalue weighted by molar-refractivity contribution is 6.74. The summed E-state index contributed by atoms with van der Waals surface area (Å²) in [7, 11) is -2.10. The second-order valence-corrected chi connectivity index (χ2v) is 12.0. The summed E-state index contributed by atoms with van der Waals surface area (Å²) < 4.78 is 37.4. The summed E-state index contributed by atoms with van der Waals surface area (Å²) in [5.41, 5.74) is 0.788. The molecule has 0 heterocycles. The third kappa shape index (κ3) is 6.29. The zero-order chi connectivity index (χ0) is 17.7. The lowest BCUT2D eigenvalue weighted by Gasteiger charge is -2.37. The molecule has 0 aliphatic heterocycles. The SMILES string of the molecule is CC(C)(C)[Si](C)(C)OC[C@H](O)[C@H](OCc1ccccc1)C(F)F. The first kappa shape index (κ1) is 20.2. The lowest BCUT2D eigenvalue weighted by Crippen LogP contribution is -2.46. The standard InChI is InChI=1S/C17H28F2O3Si/c1-17(2,3)23(4,5)22-12-14(20)15(16(18)19)21-11-13-9-7-6-8-10-13/h6-10,14-16,20H,11-12H2,1-5H3/t14-,15-/m0/s1. The molecule has 6 heteroatoms. The van der Waals surface area contributed by atoms with Gasteiger partial charge in [-0.25, -0.2) is 8.78 Å². The summed E-state index contributed by atoms with van der Waals surface area (Å²) >= 11 is 0. The Morgan fingerprint density at radius 3 is 2.17 bits per heavy atom. The number of rotatable bonds is 8. The lowest BCUT2D eigenvalue weighted by atomic mass is 10.2. The van der Waals surface area contributed by atoms with Gasteiger partial charge in [-0.1, -0.05) is 51.1 Å². The minimum absolute atomic E-state index is 0.0347. The molecule has 2 atom stereocenters. The number of benzene rings is 1. The Morgan fingerprint density at radius 2 is 1.70 bits per heavy atom. The van der Waals surface area contributed by atoms with Gasteiger partial charge in [-0.15, -0.1) is 0 Å². The Bertz CT molecular complexity index is 461.